The molecule has 0 aliphatic carbocycles. The highest BCUT2D eigenvalue weighted by Crippen LogP contribution is 2.30. The van der Waals surface area contributed by atoms with Crippen LogP contribution in [0.25, 0.3) is 10.9 Å². The minimum atomic E-state index is -0.0700. The van der Waals surface area contributed by atoms with Gasteiger partial charge in [-0.3, -0.25) is 9.48 Å². The van der Waals surface area contributed by atoms with Crippen molar-refractivity contribution in [2.75, 3.05) is 5.32 Å². The second-order valence-corrected chi connectivity index (χ2v) is 5.75. The Kier molecular flexibility index (Phi) is 3.55. The topological polar surface area (TPSA) is 51.9 Å². The SMILES string of the molecule is Cc1c(Br)c2ccccc2n1CC(=O)Nc1cnn(C)c1. The van der Waals surface area contributed by atoms with E-state index in [1.165, 1.54) is 0 Å². The summed E-state index contributed by atoms with van der Waals surface area (Å²) in [6, 6.07) is 8.03. The van der Waals surface area contributed by atoms with Crippen molar-refractivity contribution in [2.45, 2.75) is 13.5 Å². The van der Waals surface area contributed by atoms with E-state index in [9.17, 15) is 4.79 Å². The maximum Gasteiger partial charge on any atom is 0.244 e. The number of nitrogens with zero attached hydrogens (tertiary/aromatic N) is 3. The Bertz CT molecular complexity index is 818. The number of rotatable bonds is 3. The third-order valence-electron chi connectivity index (χ3n) is 3.44. The Morgan fingerprint density at radius 3 is 2.86 bits per heavy atom. The van der Waals surface area contributed by atoms with E-state index in [1.54, 1.807) is 17.1 Å². The summed E-state index contributed by atoms with van der Waals surface area (Å²) < 4.78 is 4.69. The van der Waals surface area contributed by atoms with Gasteiger partial charge in [0.2, 0.25) is 5.91 Å². The molecule has 0 atom stereocenters. The largest absolute Gasteiger partial charge is 0.334 e. The summed E-state index contributed by atoms with van der Waals surface area (Å²) in [4.78, 5) is 12.2. The molecule has 2 aromatic heterocycles. The summed E-state index contributed by atoms with van der Waals surface area (Å²) in [6.45, 7) is 2.27. The smallest absolute Gasteiger partial charge is 0.244 e. The van der Waals surface area contributed by atoms with Crippen LogP contribution in [-0.2, 0) is 18.4 Å². The fraction of sp³-hybridized carbons (Fsp3) is 0.200. The predicted octanol–water partition coefficient (Wildman–Crippen LogP) is 3.08. The standard InChI is InChI=1S/C15H15BrN4O/c1-10-15(16)12-5-3-4-6-13(12)20(10)9-14(21)18-11-7-17-19(2)8-11/h3-8H,9H2,1-2H3,(H,18,21). The number of hydrogen-bond acceptors (Lipinski definition) is 2. The van der Waals surface area contributed by atoms with E-state index in [0.717, 1.165) is 21.1 Å². The summed E-state index contributed by atoms with van der Waals surface area (Å²) >= 11 is 3.60. The third-order valence-corrected chi connectivity index (χ3v) is 4.45. The van der Waals surface area contributed by atoms with Crippen molar-refractivity contribution in [2.24, 2.45) is 7.05 Å². The Hall–Kier alpha value is -2.08. The second-order valence-electron chi connectivity index (χ2n) is 4.95. The molecule has 6 heteroatoms. The average Bonchev–Trinajstić information content (AvgIpc) is 2.97. The van der Waals surface area contributed by atoms with Gasteiger partial charge in [-0.25, -0.2) is 0 Å². The van der Waals surface area contributed by atoms with Gasteiger partial charge < -0.3 is 9.88 Å². The van der Waals surface area contributed by atoms with E-state index in [0.29, 0.717) is 5.69 Å². The molecule has 1 aromatic carbocycles. The number of nitrogens with one attached hydrogen (secondary N) is 1. The minimum Gasteiger partial charge on any atom is -0.334 e. The first-order valence-electron chi connectivity index (χ1n) is 6.58. The van der Waals surface area contributed by atoms with Crippen LogP contribution in [0, 0.1) is 6.92 Å². The van der Waals surface area contributed by atoms with Crippen molar-refractivity contribution < 1.29 is 4.79 Å². The van der Waals surface area contributed by atoms with E-state index < -0.39 is 0 Å². The van der Waals surface area contributed by atoms with E-state index in [-0.39, 0.29) is 12.5 Å². The van der Waals surface area contributed by atoms with Crippen LogP contribution >= 0.6 is 15.9 Å². The van der Waals surface area contributed by atoms with E-state index in [2.05, 4.69) is 26.3 Å². The normalized spacial score (nSPS) is 11.0. The molecule has 0 fully saturated rings. The lowest BCUT2D eigenvalue weighted by atomic mass is 10.2. The van der Waals surface area contributed by atoms with Gasteiger partial charge in [0.25, 0.3) is 0 Å². The first-order chi connectivity index (χ1) is 10.1. The van der Waals surface area contributed by atoms with Gasteiger partial charge in [0.1, 0.15) is 6.54 Å². The number of anilines is 1. The van der Waals surface area contributed by atoms with Gasteiger partial charge in [0.05, 0.1) is 11.9 Å². The zero-order valence-corrected chi connectivity index (χ0v) is 13.4. The van der Waals surface area contributed by atoms with Gasteiger partial charge in [0.15, 0.2) is 0 Å². The number of carbonyl (C=O) groups is 1. The first kappa shape index (κ1) is 13.9. The van der Waals surface area contributed by atoms with Crippen LogP contribution in [0.4, 0.5) is 5.69 Å². The van der Waals surface area contributed by atoms with E-state index in [1.807, 2.05) is 42.8 Å². The number of aromatic nitrogens is 3. The van der Waals surface area contributed by atoms with Crippen molar-refractivity contribution in [3.8, 4) is 0 Å². The maximum absolute atomic E-state index is 12.2. The van der Waals surface area contributed by atoms with Gasteiger partial charge in [-0.05, 0) is 28.9 Å². The van der Waals surface area contributed by atoms with Crippen LogP contribution in [0.1, 0.15) is 5.69 Å². The molecule has 108 valence electrons. The molecule has 0 unspecified atom stereocenters. The van der Waals surface area contributed by atoms with E-state index in [4.69, 9.17) is 0 Å². The fourth-order valence-corrected chi connectivity index (χ4v) is 2.97. The number of fused-ring (bicyclic) bond motifs is 1. The summed E-state index contributed by atoms with van der Waals surface area (Å²) in [7, 11) is 1.82. The molecule has 0 saturated carbocycles. The van der Waals surface area contributed by atoms with Crippen molar-refractivity contribution >= 4 is 38.4 Å². The van der Waals surface area contributed by atoms with Crippen molar-refractivity contribution in [1.82, 2.24) is 14.3 Å². The molecule has 5 nitrogen and oxygen atoms in total. The molecule has 0 aliphatic heterocycles. The number of para-hydroxylation sites is 1. The van der Waals surface area contributed by atoms with Crippen LogP contribution < -0.4 is 5.32 Å². The Morgan fingerprint density at radius 2 is 2.14 bits per heavy atom. The third kappa shape index (κ3) is 2.58. The van der Waals surface area contributed by atoms with Crippen molar-refractivity contribution in [3.05, 3.63) is 46.8 Å². The highest BCUT2D eigenvalue weighted by atomic mass is 79.9. The molecular weight excluding hydrogens is 332 g/mol. The summed E-state index contributed by atoms with van der Waals surface area (Å²) in [5, 5.41) is 8.00. The number of benzene rings is 1. The van der Waals surface area contributed by atoms with Crippen molar-refractivity contribution in [3.63, 3.8) is 0 Å². The highest BCUT2D eigenvalue weighted by molar-refractivity contribution is 9.10. The predicted molar refractivity (Wildman–Crippen MR) is 86.2 cm³/mol. The first-order valence-corrected chi connectivity index (χ1v) is 7.37. The monoisotopic (exact) mass is 346 g/mol. The van der Waals surface area contributed by atoms with Crippen LogP contribution in [0.5, 0.6) is 0 Å². The molecule has 0 saturated heterocycles. The van der Waals surface area contributed by atoms with Crippen LogP contribution in [0.15, 0.2) is 41.1 Å². The Morgan fingerprint density at radius 1 is 1.38 bits per heavy atom. The quantitative estimate of drug-likeness (QED) is 0.792. The van der Waals surface area contributed by atoms with Crippen LogP contribution in [-0.4, -0.2) is 20.3 Å². The molecule has 2 heterocycles. The molecule has 21 heavy (non-hydrogen) atoms. The number of carbonyl (C=O) groups excluding carboxylic acids is 1. The molecule has 1 N–H and O–H groups in total. The minimum absolute atomic E-state index is 0.0700. The molecule has 0 aliphatic rings. The van der Waals surface area contributed by atoms with Crippen molar-refractivity contribution in [1.29, 1.82) is 0 Å². The fourth-order valence-electron chi connectivity index (χ4n) is 2.42. The Labute approximate surface area is 130 Å². The number of hydrogen-bond donors (Lipinski definition) is 1. The zero-order chi connectivity index (χ0) is 15.0. The second kappa shape index (κ2) is 5.37. The van der Waals surface area contributed by atoms with Gasteiger partial charge in [0, 0.05) is 34.3 Å². The molecule has 0 spiro atoms. The summed E-state index contributed by atoms with van der Waals surface area (Å²) in [6.07, 6.45) is 3.41. The summed E-state index contributed by atoms with van der Waals surface area (Å²) in [5.41, 5.74) is 2.79. The van der Waals surface area contributed by atoms with Gasteiger partial charge in [-0.15, -0.1) is 0 Å². The van der Waals surface area contributed by atoms with Gasteiger partial charge >= 0.3 is 0 Å². The maximum atomic E-state index is 12.2. The van der Waals surface area contributed by atoms with Crippen LogP contribution in [0.2, 0.25) is 0 Å². The average molecular weight is 347 g/mol. The molecule has 0 radical (unpaired) electrons. The zero-order valence-electron chi connectivity index (χ0n) is 11.8. The summed E-state index contributed by atoms with van der Waals surface area (Å²) in [5.74, 6) is -0.0700. The number of amides is 1. The molecule has 3 rings (SSSR count). The number of aryl methyl sites for hydroxylation is 1. The highest BCUT2D eigenvalue weighted by Gasteiger charge is 2.14. The Balaban J connectivity index is 1.88. The molecule has 1 amide bonds. The molecular formula is C15H15BrN4O. The molecule has 0 bridgehead atoms. The lowest BCUT2D eigenvalue weighted by molar-refractivity contribution is -0.116. The van der Waals surface area contributed by atoms with Gasteiger partial charge in [-0.2, -0.15) is 5.10 Å². The van der Waals surface area contributed by atoms with Crippen LogP contribution in [0.3, 0.4) is 0 Å². The lowest BCUT2D eigenvalue weighted by Crippen LogP contribution is -2.19. The number of halogens is 1. The van der Waals surface area contributed by atoms with Gasteiger partial charge in [-0.1, -0.05) is 18.2 Å². The van der Waals surface area contributed by atoms with E-state index >= 15 is 0 Å². The lowest BCUT2D eigenvalue weighted by Gasteiger charge is -2.08. The molecule has 3 aromatic rings.